The van der Waals surface area contributed by atoms with Gasteiger partial charge in [0.05, 0.1) is 0 Å². The lowest BCUT2D eigenvalue weighted by atomic mass is 10.0. The molecule has 0 spiro atoms. The van der Waals surface area contributed by atoms with Crippen LogP contribution < -0.4 is 5.32 Å². The summed E-state index contributed by atoms with van der Waals surface area (Å²) in [7, 11) is 0. The van der Waals surface area contributed by atoms with Gasteiger partial charge in [-0.25, -0.2) is 0 Å². The lowest BCUT2D eigenvalue weighted by Crippen LogP contribution is -2.51. The van der Waals surface area contributed by atoms with Gasteiger partial charge >= 0.3 is 0 Å². The van der Waals surface area contributed by atoms with E-state index >= 15 is 0 Å². The van der Waals surface area contributed by atoms with Crippen molar-refractivity contribution in [1.82, 2.24) is 10.2 Å². The molecule has 0 heterocycles. The molecule has 1 unspecified atom stereocenters. The number of halogens is 1. The van der Waals surface area contributed by atoms with E-state index in [0.717, 1.165) is 20.5 Å². The minimum absolute atomic E-state index is 0.0101. The van der Waals surface area contributed by atoms with Crippen molar-refractivity contribution < 1.29 is 9.59 Å². The van der Waals surface area contributed by atoms with Crippen LogP contribution in [0, 0.1) is 0 Å². The molecule has 6 heteroatoms. The van der Waals surface area contributed by atoms with Crippen molar-refractivity contribution in [2.45, 2.75) is 50.2 Å². The van der Waals surface area contributed by atoms with E-state index in [1.807, 2.05) is 98.8 Å². The zero-order chi connectivity index (χ0) is 24.3. The van der Waals surface area contributed by atoms with Crippen LogP contribution in [0.25, 0.3) is 0 Å². The second kappa shape index (κ2) is 13.4. The Balaban J connectivity index is 1.84. The number of thioether (sulfide) groups is 1. The molecule has 4 nitrogen and oxygen atoms in total. The predicted octanol–water partition coefficient (Wildman–Crippen LogP) is 6.10. The van der Waals surface area contributed by atoms with Crippen molar-refractivity contribution in [3.05, 3.63) is 101 Å². The zero-order valence-electron chi connectivity index (χ0n) is 19.6. The molecule has 1 N–H and O–H groups in total. The predicted molar refractivity (Wildman–Crippen MR) is 144 cm³/mol. The fourth-order valence-corrected chi connectivity index (χ4v) is 4.76. The van der Waals surface area contributed by atoms with Crippen molar-refractivity contribution in [1.29, 1.82) is 0 Å². The second-order valence-electron chi connectivity index (χ2n) is 8.43. The van der Waals surface area contributed by atoms with Crippen molar-refractivity contribution in [2.75, 3.05) is 5.75 Å². The van der Waals surface area contributed by atoms with Crippen LogP contribution in [-0.4, -0.2) is 34.6 Å². The second-order valence-corrected chi connectivity index (χ2v) is 10.5. The summed E-state index contributed by atoms with van der Waals surface area (Å²) < 4.78 is 0.978. The minimum atomic E-state index is -0.595. The fraction of sp³-hybridized carbons (Fsp3) is 0.286. The highest BCUT2D eigenvalue weighted by Gasteiger charge is 2.30. The summed E-state index contributed by atoms with van der Waals surface area (Å²) in [5.74, 6) is 0.509. The fourth-order valence-electron chi connectivity index (χ4n) is 3.64. The summed E-state index contributed by atoms with van der Waals surface area (Å²) in [6.45, 7) is 4.26. The van der Waals surface area contributed by atoms with Crippen LogP contribution in [-0.2, 0) is 22.6 Å². The van der Waals surface area contributed by atoms with Crippen LogP contribution in [0.15, 0.2) is 94.3 Å². The minimum Gasteiger partial charge on any atom is -0.352 e. The third-order valence-electron chi connectivity index (χ3n) is 5.30. The number of rotatable bonds is 11. The van der Waals surface area contributed by atoms with E-state index in [4.69, 9.17) is 0 Å². The molecular formula is C28H31BrN2O2S. The summed E-state index contributed by atoms with van der Waals surface area (Å²) in [4.78, 5) is 29.8. The zero-order valence-corrected chi connectivity index (χ0v) is 22.0. The van der Waals surface area contributed by atoms with Crippen molar-refractivity contribution in [2.24, 2.45) is 0 Å². The highest BCUT2D eigenvalue weighted by atomic mass is 79.9. The normalized spacial score (nSPS) is 11.8. The van der Waals surface area contributed by atoms with Crippen LogP contribution in [0.1, 0.15) is 31.4 Å². The van der Waals surface area contributed by atoms with E-state index in [-0.39, 0.29) is 17.9 Å². The van der Waals surface area contributed by atoms with Gasteiger partial charge in [-0.15, -0.1) is 11.8 Å². The summed E-state index contributed by atoms with van der Waals surface area (Å²) in [6.07, 6.45) is 0.823. The number of hydrogen-bond donors (Lipinski definition) is 1. The van der Waals surface area contributed by atoms with Gasteiger partial charge in [-0.1, -0.05) is 76.6 Å². The van der Waals surface area contributed by atoms with Gasteiger partial charge in [0.25, 0.3) is 0 Å². The van der Waals surface area contributed by atoms with Gasteiger partial charge in [-0.2, -0.15) is 0 Å². The summed E-state index contributed by atoms with van der Waals surface area (Å²) >= 11 is 5.13. The first-order valence-corrected chi connectivity index (χ1v) is 13.3. The SMILES string of the molecule is CC(C)NC(=O)C(Cc1ccccc1)N(Cc1ccc(Br)cc1)C(=O)CCSc1ccccc1. The van der Waals surface area contributed by atoms with Gasteiger partial charge in [0.15, 0.2) is 0 Å². The third kappa shape index (κ3) is 8.33. The van der Waals surface area contributed by atoms with Crippen molar-refractivity contribution in [3.8, 4) is 0 Å². The largest absolute Gasteiger partial charge is 0.352 e. The average molecular weight is 540 g/mol. The molecule has 0 aromatic heterocycles. The first-order chi connectivity index (χ1) is 16.4. The molecule has 1 atom stereocenters. The smallest absolute Gasteiger partial charge is 0.243 e. The number of nitrogens with one attached hydrogen (secondary N) is 1. The Labute approximate surface area is 215 Å². The maximum atomic E-state index is 13.5. The van der Waals surface area contributed by atoms with E-state index in [1.165, 1.54) is 0 Å². The molecule has 0 saturated carbocycles. The molecule has 0 fully saturated rings. The number of carbonyl (C=O) groups is 2. The molecule has 0 saturated heterocycles. The van der Waals surface area contributed by atoms with Gasteiger partial charge in [0.1, 0.15) is 6.04 Å². The number of carbonyl (C=O) groups excluding carboxylic acids is 2. The molecule has 0 bridgehead atoms. The molecule has 3 aromatic carbocycles. The van der Waals surface area contributed by atoms with Gasteiger partial charge in [0.2, 0.25) is 11.8 Å². The molecule has 0 aliphatic heterocycles. The summed E-state index contributed by atoms with van der Waals surface area (Å²) in [6, 6.07) is 27.2. The highest BCUT2D eigenvalue weighted by Crippen LogP contribution is 2.21. The van der Waals surface area contributed by atoms with Crippen molar-refractivity contribution >= 4 is 39.5 Å². The van der Waals surface area contributed by atoms with Gasteiger partial charge in [-0.05, 0) is 49.2 Å². The van der Waals surface area contributed by atoms with Gasteiger partial charge in [-0.3, -0.25) is 9.59 Å². The molecule has 34 heavy (non-hydrogen) atoms. The Hall–Kier alpha value is -2.57. The average Bonchev–Trinajstić information content (AvgIpc) is 2.83. The molecule has 2 amide bonds. The van der Waals surface area contributed by atoms with E-state index in [1.54, 1.807) is 16.7 Å². The van der Waals surface area contributed by atoms with Crippen LogP contribution in [0.2, 0.25) is 0 Å². The number of amides is 2. The maximum Gasteiger partial charge on any atom is 0.243 e. The van der Waals surface area contributed by atoms with E-state index in [2.05, 4.69) is 21.2 Å². The van der Waals surface area contributed by atoms with Crippen LogP contribution >= 0.6 is 27.7 Å². The Morgan fingerprint density at radius 1 is 0.882 bits per heavy atom. The number of nitrogens with zero attached hydrogens (tertiary/aromatic N) is 1. The van der Waals surface area contributed by atoms with Crippen molar-refractivity contribution in [3.63, 3.8) is 0 Å². The first-order valence-electron chi connectivity index (χ1n) is 11.5. The Bertz CT molecular complexity index is 1040. The lowest BCUT2D eigenvalue weighted by Gasteiger charge is -2.32. The van der Waals surface area contributed by atoms with Crippen LogP contribution in [0.4, 0.5) is 0 Å². The van der Waals surface area contributed by atoms with E-state index in [9.17, 15) is 9.59 Å². The monoisotopic (exact) mass is 538 g/mol. The quantitative estimate of drug-likeness (QED) is 0.300. The standard InChI is InChI=1S/C28H31BrN2O2S/c1-21(2)30-28(33)26(19-22-9-5-3-6-10-22)31(20-23-13-15-24(29)16-14-23)27(32)17-18-34-25-11-7-4-8-12-25/h3-16,21,26H,17-20H2,1-2H3,(H,30,33). The van der Waals surface area contributed by atoms with Gasteiger partial charge < -0.3 is 10.2 Å². The number of hydrogen-bond acceptors (Lipinski definition) is 3. The van der Waals surface area contributed by atoms with E-state index in [0.29, 0.717) is 25.1 Å². The number of benzene rings is 3. The molecule has 3 aromatic rings. The molecule has 0 aliphatic rings. The first kappa shape index (κ1) is 26.0. The lowest BCUT2D eigenvalue weighted by molar-refractivity contribution is -0.141. The summed E-state index contributed by atoms with van der Waals surface area (Å²) in [5, 5.41) is 3.03. The molecule has 178 valence electrons. The molecule has 0 aliphatic carbocycles. The molecule has 3 rings (SSSR count). The van der Waals surface area contributed by atoms with Crippen LogP contribution in [0.5, 0.6) is 0 Å². The molecular weight excluding hydrogens is 508 g/mol. The maximum absolute atomic E-state index is 13.5. The Kier molecular flexibility index (Phi) is 10.2. The van der Waals surface area contributed by atoms with Crippen LogP contribution in [0.3, 0.4) is 0 Å². The van der Waals surface area contributed by atoms with Gasteiger partial charge in [0, 0.05) is 40.5 Å². The Morgan fingerprint density at radius 3 is 2.12 bits per heavy atom. The Morgan fingerprint density at radius 2 is 1.50 bits per heavy atom. The highest BCUT2D eigenvalue weighted by molar-refractivity contribution is 9.10. The third-order valence-corrected chi connectivity index (χ3v) is 6.84. The topological polar surface area (TPSA) is 49.4 Å². The summed E-state index contributed by atoms with van der Waals surface area (Å²) in [5.41, 5.74) is 2.02. The molecule has 0 radical (unpaired) electrons. The van der Waals surface area contributed by atoms with E-state index < -0.39 is 6.04 Å².